The van der Waals surface area contributed by atoms with Crippen LogP contribution in [0, 0.1) is 0 Å². The van der Waals surface area contributed by atoms with E-state index in [0.717, 1.165) is 10.0 Å². The third-order valence-electron chi connectivity index (χ3n) is 3.66. The average Bonchev–Trinajstić information content (AvgIpc) is 3.06. The van der Waals surface area contributed by atoms with E-state index < -0.39 is 0 Å². The first kappa shape index (κ1) is 15.5. The van der Waals surface area contributed by atoms with Gasteiger partial charge >= 0.3 is 0 Å². The molecule has 122 valence electrons. The standard InChI is InChI=1S/C19H12BrN3O2/c20-14-3-1-2-13(10-14)18(24)22-15-4-5-17-16(11-15)23-19(25-17)12-6-8-21-9-7-12/h1-11H,(H,22,24). The summed E-state index contributed by atoms with van der Waals surface area (Å²) < 4.78 is 6.61. The van der Waals surface area contributed by atoms with Crippen LogP contribution in [0.4, 0.5) is 5.69 Å². The molecule has 0 unspecified atom stereocenters. The van der Waals surface area contributed by atoms with Crippen LogP contribution in [-0.4, -0.2) is 15.9 Å². The van der Waals surface area contributed by atoms with Crippen LogP contribution in [0.15, 0.2) is 75.9 Å². The molecule has 0 saturated carbocycles. The van der Waals surface area contributed by atoms with Crippen molar-refractivity contribution in [2.75, 3.05) is 5.32 Å². The SMILES string of the molecule is O=C(Nc1ccc2oc(-c3ccncc3)nc2c1)c1cccc(Br)c1. The van der Waals surface area contributed by atoms with Crippen molar-refractivity contribution in [2.24, 2.45) is 0 Å². The van der Waals surface area contributed by atoms with Gasteiger partial charge < -0.3 is 9.73 Å². The number of fused-ring (bicyclic) bond motifs is 1. The Kier molecular flexibility index (Phi) is 4.03. The highest BCUT2D eigenvalue weighted by Gasteiger charge is 2.11. The Balaban J connectivity index is 1.62. The van der Waals surface area contributed by atoms with Crippen LogP contribution >= 0.6 is 15.9 Å². The zero-order valence-corrected chi connectivity index (χ0v) is 14.5. The number of pyridine rings is 1. The summed E-state index contributed by atoms with van der Waals surface area (Å²) in [6.07, 6.45) is 3.38. The van der Waals surface area contributed by atoms with Gasteiger partial charge in [-0.15, -0.1) is 0 Å². The van der Waals surface area contributed by atoms with Crippen molar-refractivity contribution in [3.05, 3.63) is 77.0 Å². The number of carbonyl (C=O) groups excluding carboxylic acids is 1. The molecule has 6 heteroatoms. The van der Waals surface area contributed by atoms with Crippen LogP contribution in [0.25, 0.3) is 22.6 Å². The normalized spacial score (nSPS) is 10.8. The maximum absolute atomic E-state index is 12.3. The van der Waals surface area contributed by atoms with E-state index in [0.29, 0.717) is 28.2 Å². The highest BCUT2D eigenvalue weighted by atomic mass is 79.9. The number of amides is 1. The minimum absolute atomic E-state index is 0.182. The predicted octanol–water partition coefficient (Wildman–Crippen LogP) is 4.90. The van der Waals surface area contributed by atoms with Crippen molar-refractivity contribution < 1.29 is 9.21 Å². The van der Waals surface area contributed by atoms with Gasteiger partial charge in [-0.1, -0.05) is 22.0 Å². The van der Waals surface area contributed by atoms with E-state index in [4.69, 9.17) is 4.42 Å². The van der Waals surface area contributed by atoms with Crippen LogP contribution < -0.4 is 5.32 Å². The smallest absolute Gasteiger partial charge is 0.255 e. The molecule has 1 N–H and O–H groups in total. The van der Waals surface area contributed by atoms with Gasteiger partial charge in [-0.3, -0.25) is 9.78 Å². The molecule has 2 aromatic carbocycles. The highest BCUT2D eigenvalue weighted by molar-refractivity contribution is 9.10. The topological polar surface area (TPSA) is 68.0 Å². The summed E-state index contributed by atoms with van der Waals surface area (Å²) in [6.45, 7) is 0. The van der Waals surface area contributed by atoms with Gasteiger partial charge in [0.15, 0.2) is 5.58 Å². The lowest BCUT2D eigenvalue weighted by Crippen LogP contribution is -2.11. The predicted molar refractivity (Wildman–Crippen MR) is 99.3 cm³/mol. The lowest BCUT2D eigenvalue weighted by atomic mass is 10.2. The number of hydrogen-bond acceptors (Lipinski definition) is 4. The third-order valence-corrected chi connectivity index (χ3v) is 4.15. The molecule has 0 bridgehead atoms. The van der Waals surface area contributed by atoms with Gasteiger partial charge in [0, 0.05) is 33.7 Å². The van der Waals surface area contributed by atoms with Crippen LogP contribution in [-0.2, 0) is 0 Å². The summed E-state index contributed by atoms with van der Waals surface area (Å²) in [7, 11) is 0. The number of benzene rings is 2. The maximum atomic E-state index is 12.3. The molecule has 2 heterocycles. The summed E-state index contributed by atoms with van der Waals surface area (Å²) in [6, 6.07) is 16.3. The monoisotopic (exact) mass is 393 g/mol. The molecule has 0 atom stereocenters. The Labute approximate surface area is 151 Å². The molecule has 0 radical (unpaired) electrons. The first-order valence-corrected chi connectivity index (χ1v) is 8.36. The van der Waals surface area contributed by atoms with E-state index in [1.807, 2.05) is 24.3 Å². The second-order valence-corrected chi connectivity index (χ2v) is 6.32. The summed E-state index contributed by atoms with van der Waals surface area (Å²) in [4.78, 5) is 20.8. The van der Waals surface area contributed by atoms with Gasteiger partial charge in [0.2, 0.25) is 5.89 Å². The van der Waals surface area contributed by atoms with E-state index in [-0.39, 0.29) is 5.91 Å². The Morgan fingerprint density at radius 3 is 2.68 bits per heavy atom. The number of nitrogens with one attached hydrogen (secondary N) is 1. The lowest BCUT2D eigenvalue weighted by molar-refractivity contribution is 0.102. The number of rotatable bonds is 3. The second-order valence-electron chi connectivity index (χ2n) is 5.40. The van der Waals surface area contributed by atoms with E-state index in [2.05, 4.69) is 31.2 Å². The first-order chi connectivity index (χ1) is 12.2. The zero-order chi connectivity index (χ0) is 17.2. The molecule has 4 aromatic rings. The minimum atomic E-state index is -0.182. The Hall–Kier alpha value is -2.99. The highest BCUT2D eigenvalue weighted by Crippen LogP contribution is 2.26. The lowest BCUT2D eigenvalue weighted by Gasteiger charge is -2.05. The number of carbonyl (C=O) groups is 1. The van der Waals surface area contributed by atoms with Gasteiger partial charge in [-0.2, -0.15) is 0 Å². The molecule has 1 amide bonds. The van der Waals surface area contributed by atoms with Crippen molar-refractivity contribution in [1.82, 2.24) is 9.97 Å². The Bertz CT molecular complexity index is 1060. The molecule has 0 fully saturated rings. The minimum Gasteiger partial charge on any atom is -0.436 e. The third kappa shape index (κ3) is 3.29. The molecule has 0 aliphatic heterocycles. The molecule has 4 rings (SSSR count). The summed E-state index contributed by atoms with van der Waals surface area (Å²) >= 11 is 3.37. The summed E-state index contributed by atoms with van der Waals surface area (Å²) in [5.74, 6) is 0.339. The van der Waals surface area contributed by atoms with Gasteiger partial charge in [0.25, 0.3) is 5.91 Å². The molecule has 25 heavy (non-hydrogen) atoms. The Morgan fingerprint density at radius 2 is 1.88 bits per heavy atom. The van der Waals surface area contributed by atoms with E-state index in [1.54, 1.807) is 42.7 Å². The zero-order valence-electron chi connectivity index (χ0n) is 12.9. The summed E-state index contributed by atoms with van der Waals surface area (Å²) in [5, 5.41) is 2.88. The van der Waals surface area contributed by atoms with Gasteiger partial charge in [-0.25, -0.2) is 4.98 Å². The second kappa shape index (κ2) is 6.49. The van der Waals surface area contributed by atoms with Crippen molar-refractivity contribution in [2.45, 2.75) is 0 Å². The van der Waals surface area contributed by atoms with Gasteiger partial charge in [-0.05, 0) is 48.5 Å². The number of nitrogens with zero attached hydrogens (tertiary/aromatic N) is 2. The van der Waals surface area contributed by atoms with Crippen molar-refractivity contribution in [3.8, 4) is 11.5 Å². The van der Waals surface area contributed by atoms with E-state index >= 15 is 0 Å². The Morgan fingerprint density at radius 1 is 1.04 bits per heavy atom. The number of anilines is 1. The van der Waals surface area contributed by atoms with E-state index in [1.165, 1.54) is 0 Å². The molecule has 0 aliphatic carbocycles. The number of oxazole rings is 1. The quantitative estimate of drug-likeness (QED) is 0.537. The van der Waals surface area contributed by atoms with Crippen LogP contribution in [0.3, 0.4) is 0 Å². The van der Waals surface area contributed by atoms with Gasteiger partial charge in [0.05, 0.1) is 0 Å². The molecule has 0 saturated heterocycles. The summed E-state index contributed by atoms with van der Waals surface area (Å²) in [5.41, 5.74) is 3.43. The first-order valence-electron chi connectivity index (χ1n) is 7.57. The number of hydrogen-bond donors (Lipinski definition) is 1. The van der Waals surface area contributed by atoms with Gasteiger partial charge in [0.1, 0.15) is 5.52 Å². The molecular weight excluding hydrogens is 382 g/mol. The van der Waals surface area contributed by atoms with Crippen molar-refractivity contribution >= 4 is 38.6 Å². The molecule has 2 aromatic heterocycles. The van der Waals surface area contributed by atoms with Crippen LogP contribution in [0.5, 0.6) is 0 Å². The average molecular weight is 394 g/mol. The molecule has 5 nitrogen and oxygen atoms in total. The number of halogens is 1. The number of aromatic nitrogens is 2. The maximum Gasteiger partial charge on any atom is 0.255 e. The molecular formula is C19H12BrN3O2. The molecule has 0 aliphatic rings. The van der Waals surface area contributed by atoms with Crippen LogP contribution in [0.1, 0.15) is 10.4 Å². The molecule has 0 spiro atoms. The van der Waals surface area contributed by atoms with Crippen molar-refractivity contribution in [3.63, 3.8) is 0 Å². The van der Waals surface area contributed by atoms with E-state index in [9.17, 15) is 4.79 Å². The van der Waals surface area contributed by atoms with Crippen molar-refractivity contribution in [1.29, 1.82) is 0 Å². The van der Waals surface area contributed by atoms with Crippen LogP contribution in [0.2, 0.25) is 0 Å². The fraction of sp³-hybridized carbons (Fsp3) is 0. The fourth-order valence-corrected chi connectivity index (χ4v) is 2.86. The fourth-order valence-electron chi connectivity index (χ4n) is 2.46. The largest absolute Gasteiger partial charge is 0.436 e.